The van der Waals surface area contributed by atoms with Crippen molar-refractivity contribution in [2.45, 2.75) is 39.3 Å². The zero-order chi connectivity index (χ0) is 30.8. The molecular weight excluding hydrogens is 566 g/mol. The first-order valence-corrected chi connectivity index (χ1v) is 14.6. The summed E-state index contributed by atoms with van der Waals surface area (Å²) >= 11 is 6.47. The number of carbonyl (C=O) groups excluding carboxylic acids is 2. The van der Waals surface area contributed by atoms with Crippen molar-refractivity contribution in [1.82, 2.24) is 9.55 Å². The van der Waals surface area contributed by atoms with Crippen molar-refractivity contribution in [2.24, 2.45) is 0 Å². The van der Waals surface area contributed by atoms with Gasteiger partial charge in [0.25, 0.3) is 11.8 Å². The van der Waals surface area contributed by atoms with Gasteiger partial charge in [-0.2, -0.15) is 0 Å². The number of benzene rings is 3. The number of rotatable bonds is 7. The number of aromatic nitrogens is 2. The molecule has 2 N–H and O–H groups in total. The van der Waals surface area contributed by atoms with E-state index in [1.54, 1.807) is 24.1 Å². The fraction of sp³-hybridized carbons (Fsp3) is 0.303. The largest absolute Gasteiger partial charge is 0.496 e. The quantitative estimate of drug-likeness (QED) is 0.283. The van der Waals surface area contributed by atoms with Crippen LogP contribution in [0.5, 0.6) is 5.75 Å². The van der Waals surface area contributed by atoms with Gasteiger partial charge in [-0.3, -0.25) is 14.5 Å². The Labute approximate surface area is 255 Å². The Bertz CT molecular complexity index is 1800. The molecule has 1 aromatic heterocycles. The van der Waals surface area contributed by atoms with Crippen LogP contribution < -0.4 is 19.9 Å². The average Bonchev–Trinajstić information content (AvgIpc) is 3.58. The second-order valence-electron chi connectivity index (χ2n) is 11.4. The Kier molecular flexibility index (Phi) is 6.98. The van der Waals surface area contributed by atoms with E-state index in [4.69, 9.17) is 21.3 Å². The fourth-order valence-electron chi connectivity index (χ4n) is 6.35. The van der Waals surface area contributed by atoms with Gasteiger partial charge >= 0.3 is 0 Å². The van der Waals surface area contributed by atoms with Crippen LogP contribution in [0.4, 0.5) is 17.1 Å². The number of carbonyl (C=O) groups is 2. The minimum absolute atomic E-state index is 0.0148. The molecule has 2 amide bonds. The van der Waals surface area contributed by atoms with Crippen molar-refractivity contribution in [3.63, 3.8) is 0 Å². The lowest BCUT2D eigenvalue weighted by atomic mass is 9.86. The van der Waals surface area contributed by atoms with Crippen LogP contribution in [0.2, 0.25) is 5.02 Å². The second-order valence-corrected chi connectivity index (χ2v) is 11.8. The van der Waals surface area contributed by atoms with Crippen molar-refractivity contribution >= 4 is 40.5 Å². The lowest BCUT2D eigenvalue weighted by molar-refractivity contribution is -0.119. The molecule has 1 atom stereocenters. The van der Waals surface area contributed by atoms with Gasteiger partial charge in [-0.15, -0.1) is 0 Å². The van der Waals surface area contributed by atoms with Crippen molar-refractivity contribution < 1.29 is 19.4 Å². The van der Waals surface area contributed by atoms with Gasteiger partial charge in [-0.1, -0.05) is 29.8 Å². The molecule has 9 nitrogen and oxygen atoms in total. The Balaban J connectivity index is 1.67. The Morgan fingerprint density at radius 1 is 1.09 bits per heavy atom. The number of aliphatic hydroxyl groups excluding tert-OH is 1. The van der Waals surface area contributed by atoms with Crippen molar-refractivity contribution in [2.75, 3.05) is 42.4 Å². The maximum Gasteiger partial charge on any atom is 0.280 e. The predicted octanol–water partition coefficient (Wildman–Crippen LogP) is 5.69. The third-order valence-electron chi connectivity index (χ3n) is 8.37. The molecule has 0 saturated carbocycles. The molecule has 1 unspecified atom stereocenters. The van der Waals surface area contributed by atoms with E-state index >= 15 is 0 Å². The molecule has 0 saturated heterocycles. The third kappa shape index (κ3) is 4.13. The molecule has 4 aromatic rings. The van der Waals surface area contributed by atoms with Gasteiger partial charge < -0.3 is 24.6 Å². The highest BCUT2D eigenvalue weighted by Crippen LogP contribution is 2.55. The molecule has 0 bridgehead atoms. The molecule has 0 radical (unpaired) electrons. The summed E-state index contributed by atoms with van der Waals surface area (Å²) < 4.78 is 7.81. The monoisotopic (exact) mass is 599 g/mol. The van der Waals surface area contributed by atoms with E-state index < -0.39 is 5.54 Å². The highest BCUT2D eigenvalue weighted by atomic mass is 35.5. The molecule has 2 aliphatic rings. The number of hydrogen-bond donors (Lipinski definition) is 2. The zero-order valence-corrected chi connectivity index (χ0v) is 25.8. The lowest BCUT2D eigenvalue weighted by Gasteiger charge is -2.36. The Morgan fingerprint density at radius 3 is 2.56 bits per heavy atom. The zero-order valence-electron chi connectivity index (χ0n) is 25.0. The molecule has 1 spiro atoms. The van der Waals surface area contributed by atoms with Crippen LogP contribution in [0.3, 0.4) is 0 Å². The molecule has 2 aliphatic heterocycles. The maximum atomic E-state index is 14.6. The summed E-state index contributed by atoms with van der Waals surface area (Å²) in [5.41, 5.74) is 4.40. The number of nitrogens with zero attached hydrogens (tertiary/aromatic N) is 4. The van der Waals surface area contributed by atoms with E-state index in [0.29, 0.717) is 51.3 Å². The van der Waals surface area contributed by atoms with Crippen LogP contribution in [0, 0.1) is 13.8 Å². The highest BCUT2D eigenvalue weighted by Gasteiger charge is 2.64. The van der Waals surface area contributed by atoms with Crippen LogP contribution in [0.25, 0.3) is 11.4 Å². The van der Waals surface area contributed by atoms with E-state index in [0.717, 1.165) is 16.8 Å². The van der Waals surface area contributed by atoms with Crippen molar-refractivity contribution in [3.05, 3.63) is 87.7 Å². The maximum absolute atomic E-state index is 14.6. The molecule has 3 aromatic carbocycles. The van der Waals surface area contributed by atoms with E-state index in [2.05, 4.69) is 5.32 Å². The molecule has 0 fully saturated rings. The fourth-order valence-corrected chi connectivity index (χ4v) is 6.51. The standard InChI is InChI=1S/C33H34ClN5O4/c1-18(2)38-29-28(36-30(38)23-11-10-22(17-27(23)43-6)37(5)13-14-40)31(41)39(26-16-21(34)9-8-20(26)4)33(29)24-12-7-19(3)15-25(24)35-32(33)42/h7-12,15-18,40H,13-14H2,1-6H3,(H,35,42). The van der Waals surface area contributed by atoms with Crippen LogP contribution >= 0.6 is 11.6 Å². The van der Waals surface area contributed by atoms with Gasteiger partial charge in [0.05, 0.1) is 30.7 Å². The van der Waals surface area contributed by atoms with Gasteiger partial charge in [-0.05, 0) is 69.2 Å². The summed E-state index contributed by atoms with van der Waals surface area (Å²) in [6.07, 6.45) is 0. The van der Waals surface area contributed by atoms with E-state index in [9.17, 15) is 14.7 Å². The van der Waals surface area contributed by atoms with Crippen LogP contribution in [0.15, 0.2) is 54.6 Å². The molecule has 222 valence electrons. The second kappa shape index (κ2) is 10.4. The number of amides is 2. The number of aryl methyl sites for hydroxylation is 2. The van der Waals surface area contributed by atoms with E-state index in [1.165, 1.54) is 0 Å². The summed E-state index contributed by atoms with van der Waals surface area (Å²) in [5.74, 6) is 0.365. The van der Waals surface area contributed by atoms with E-state index in [-0.39, 0.29) is 30.2 Å². The highest BCUT2D eigenvalue weighted by molar-refractivity contribution is 6.31. The Hall–Kier alpha value is -4.34. The average molecular weight is 600 g/mol. The third-order valence-corrected chi connectivity index (χ3v) is 8.60. The predicted molar refractivity (Wildman–Crippen MR) is 169 cm³/mol. The number of fused-ring (bicyclic) bond motifs is 4. The van der Waals surface area contributed by atoms with Crippen LogP contribution in [0.1, 0.15) is 52.8 Å². The number of nitrogens with one attached hydrogen (secondary N) is 1. The molecular formula is C33H34ClN5O4. The van der Waals surface area contributed by atoms with E-state index in [1.807, 2.05) is 86.7 Å². The minimum atomic E-state index is -1.52. The molecule has 3 heterocycles. The Morgan fingerprint density at radius 2 is 1.86 bits per heavy atom. The number of anilines is 3. The topological polar surface area (TPSA) is 99.9 Å². The first-order chi connectivity index (χ1) is 20.5. The first-order valence-electron chi connectivity index (χ1n) is 14.2. The molecule has 43 heavy (non-hydrogen) atoms. The number of ether oxygens (including phenoxy) is 1. The summed E-state index contributed by atoms with van der Waals surface area (Å²) in [7, 11) is 3.48. The number of aliphatic hydroxyl groups is 1. The summed E-state index contributed by atoms with van der Waals surface area (Å²) in [6.45, 7) is 8.35. The number of likely N-dealkylation sites (N-methyl/N-ethyl adjacent to an activating group) is 1. The van der Waals surface area contributed by atoms with Crippen molar-refractivity contribution in [3.8, 4) is 17.1 Å². The van der Waals surface area contributed by atoms with Gasteiger partial charge in [0.15, 0.2) is 11.2 Å². The lowest BCUT2D eigenvalue weighted by Crippen LogP contribution is -2.51. The van der Waals surface area contributed by atoms with Crippen molar-refractivity contribution in [1.29, 1.82) is 0 Å². The SMILES string of the molecule is COc1cc(N(C)CCO)ccc1-c1nc2c(n1C(C)C)C1(C(=O)Nc3cc(C)ccc31)N(c1cc(Cl)ccc1C)C2=O. The van der Waals surface area contributed by atoms with Gasteiger partial charge in [0.2, 0.25) is 0 Å². The first kappa shape index (κ1) is 28.8. The minimum Gasteiger partial charge on any atom is -0.496 e. The molecule has 6 rings (SSSR count). The van der Waals surface area contributed by atoms with Gasteiger partial charge in [-0.25, -0.2) is 4.98 Å². The van der Waals surface area contributed by atoms with Crippen LogP contribution in [-0.2, 0) is 10.3 Å². The summed E-state index contributed by atoms with van der Waals surface area (Å²) in [4.78, 5) is 37.5. The smallest absolute Gasteiger partial charge is 0.280 e. The summed E-state index contributed by atoms with van der Waals surface area (Å²) in [5, 5.41) is 13.0. The molecule has 10 heteroatoms. The van der Waals surface area contributed by atoms with Crippen LogP contribution in [-0.4, -0.2) is 53.8 Å². The normalized spacial score (nSPS) is 17.1. The van der Waals surface area contributed by atoms with Gasteiger partial charge in [0.1, 0.15) is 11.6 Å². The number of methoxy groups -OCH3 is 1. The number of halogens is 1. The van der Waals surface area contributed by atoms with Gasteiger partial charge in [0, 0.05) is 47.7 Å². The summed E-state index contributed by atoms with van der Waals surface area (Å²) in [6, 6.07) is 16.7. The molecule has 0 aliphatic carbocycles. The number of imidazole rings is 1. The number of hydrogen-bond acceptors (Lipinski definition) is 6.